The van der Waals surface area contributed by atoms with E-state index in [2.05, 4.69) is 55.1 Å². The van der Waals surface area contributed by atoms with Crippen LogP contribution in [0.3, 0.4) is 0 Å². The lowest BCUT2D eigenvalue weighted by Gasteiger charge is -2.08. The maximum atomic E-state index is 4.60. The van der Waals surface area contributed by atoms with Crippen LogP contribution in [0, 0.1) is 5.92 Å². The number of rotatable bonds is 8. The Kier molecular flexibility index (Phi) is 6.27. The summed E-state index contributed by atoms with van der Waals surface area (Å²) < 4.78 is 2.08. The normalized spacial score (nSPS) is 13.2. The Hall–Kier alpha value is -0.830. The Morgan fingerprint density at radius 3 is 2.76 bits per heavy atom. The van der Waals surface area contributed by atoms with E-state index in [0.29, 0.717) is 6.04 Å². The smallest absolute Gasteiger partial charge is 0.0625 e. The molecule has 1 aromatic rings. The molecule has 1 rings (SSSR count). The van der Waals surface area contributed by atoms with Gasteiger partial charge in [0.25, 0.3) is 0 Å². The molecule has 0 radical (unpaired) electrons. The first-order valence-corrected chi connectivity index (χ1v) is 6.88. The Morgan fingerprint density at radius 1 is 1.35 bits per heavy atom. The molecule has 0 aliphatic heterocycles. The van der Waals surface area contributed by atoms with Gasteiger partial charge < -0.3 is 5.32 Å². The molecule has 3 heteroatoms. The zero-order valence-electron chi connectivity index (χ0n) is 11.7. The Bertz CT molecular complexity index is 304. The van der Waals surface area contributed by atoms with Crippen LogP contribution >= 0.6 is 0 Å². The maximum Gasteiger partial charge on any atom is 0.0625 e. The fraction of sp³-hybridized carbons (Fsp3) is 0.786. The Balaban J connectivity index is 2.21. The largest absolute Gasteiger partial charge is 0.316 e. The minimum absolute atomic E-state index is 0.516. The molecule has 1 unspecified atom stereocenters. The molecule has 0 aliphatic rings. The third-order valence-corrected chi connectivity index (χ3v) is 3.05. The second kappa shape index (κ2) is 7.49. The van der Waals surface area contributed by atoms with Gasteiger partial charge in [-0.15, -0.1) is 0 Å². The van der Waals surface area contributed by atoms with Crippen LogP contribution in [0.2, 0.25) is 0 Å². The van der Waals surface area contributed by atoms with Crippen LogP contribution in [-0.2, 0) is 6.42 Å². The van der Waals surface area contributed by atoms with Crippen molar-refractivity contribution in [1.82, 2.24) is 15.1 Å². The molecule has 0 bridgehead atoms. The van der Waals surface area contributed by atoms with E-state index in [0.717, 1.165) is 31.8 Å². The number of hydrogen-bond acceptors (Lipinski definition) is 2. The van der Waals surface area contributed by atoms with Gasteiger partial charge in [0, 0.05) is 12.2 Å². The van der Waals surface area contributed by atoms with Crippen LogP contribution < -0.4 is 5.32 Å². The van der Waals surface area contributed by atoms with Gasteiger partial charge in [0.2, 0.25) is 0 Å². The number of aryl methyl sites for hydroxylation is 1. The summed E-state index contributed by atoms with van der Waals surface area (Å²) in [5.74, 6) is 0.736. The summed E-state index contributed by atoms with van der Waals surface area (Å²) >= 11 is 0. The van der Waals surface area contributed by atoms with Crippen molar-refractivity contribution in [3.05, 3.63) is 18.0 Å². The molecule has 1 N–H and O–H groups in total. The van der Waals surface area contributed by atoms with Crippen molar-refractivity contribution >= 4 is 0 Å². The number of nitrogens with one attached hydrogen (secondary N) is 1. The van der Waals surface area contributed by atoms with Crippen LogP contribution in [-0.4, -0.2) is 22.9 Å². The fourth-order valence-electron chi connectivity index (χ4n) is 1.73. The molecular formula is C14H27N3. The second-order valence-electron chi connectivity index (χ2n) is 5.25. The van der Waals surface area contributed by atoms with Crippen molar-refractivity contribution in [3.63, 3.8) is 0 Å². The number of aromatic nitrogens is 2. The molecule has 0 saturated heterocycles. The average Bonchev–Trinajstić information content (AvgIpc) is 2.76. The van der Waals surface area contributed by atoms with Crippen LogP contribution in [0.15, 0.2) is 12.3 Å². The molecule has 0 aliphatic carbocycles. The van der Waals surface area contributed by atoms with Crippen molar-refractivity contribution in [1.29, 1.82) is 0 Å². The van der Waals surface area contributed by atoms with E-state index in [-0.39, 0.29) is 0 Å². The zero-order valence-corrected chi connectivity index (χ0v) is 11.7. The van der Waals surface area contributed by atoms with E-state index in [1.165, 1.54) is 12.1 Å². The molecule has 98 valence electrons. The quantitative estimate of drug-likeness (QED) is 0.704. The molecule has 0 fully saturated rings. The standard InChI is InChI=1S/C14H27N3/c1-5-13(4)17-10-8-14(16-17)7-6-9-15-11-12(2)3/h8,10,12-13,15H,5-7,9,11H2,1-4H3. The SMILES string of the molecule is CCC(C)n1ccc(CCCNCC(C)C)n1. The van der Waals surface area contributed by atoms with Crippen LogP contribution in [0.1, 0.15) is 52.3 Å². The first-order chi connectivity index (χ1) is 8.13. The summed E-state index contributed by atoms with van der Waals surface area (Å²) in [4.78, 5) is 0. The van der Waals surface area contributed by atoms with E-state index in [4.69, 9.17) is 0 Å². The van der Waals surface area contributed by atoms with Crippen molar-refractivity contribution in [3.8, 4) is 0 Å². The predicted molar refractivity (Wildman–Crippen MR) is 73.3 cm³/mol. The summed E-state index contributed by atoms with van der Waals surface area (Å²) in [6.07, 6.45) is 5.49. The fourth-order valence-corrected chi connectivity index (χ4v) is 1.73. The molecule has 3 nitrogen and oxygen atoms in total. The van der Waals surface area contributed by atoms with Crippen molar-refractivity contribution in [2.45, 2.75) is 53.0 Å². The molecule has 1 atom stereocenters. The van der Waals surface area contributed by atoms with Crippen LogP contribution in [0.25, 0.3) is 0 Å². The van der Waals surface area contributed by atoms with E-state index in [1.54, 1.807) is 0 Å². The third kappa shape index (κ3) is 5.35. The van der Waals surface area contributed by atoms with Gasteiger partial charge in [-0.1, -0.05) is 20.8 Å². The van der Waals surface area contributed by atoms with Crippen molar-refractivity contribution in [2.75, 3.05) is 13.1 Å². The lowest BCUT2D eigenvalue weighted by Crippen LogP contribution is -2.21. The first kappa shape index (κ1) is 14.2. The topological polar surface area (TPSA) is 29.9 Å². The van der Waals surface area contributed by atoms with Gasteiger partial charge in [-0.05, 0) is 51.3 Å². The highest BCUT2D eigenvalue weighted by atomic mass is 15.3. The summed E-state index contributed by atoms with van der Waals surface area (Å²) in [6.45, 7) is 11.1. The Morgan fingerprint density at radius 2 is 2.12 bits per heavy atom. The molecule has 0 saturated carbocycles. The molecule has 1 aromatic heterocycles. The summed E-state index contributed by atoms with van der Waals surface area (Å²) in [5, 5.41) is 8.06. The lowest BCUT2D eigenvalue weighted by atomic mass is 10.2. The van der Waals surface area contributed by atoms with E-state index in [9.17, 15) is 0 Å². The molecule has 0 aromatic carbocycles. The van der Waals surface area contributed by atoms with E-state index < -0.39 is 0 Å². The minimum atomic E-state index is 0.516. The van der Waals surface area contributed by atoms with Gasteiger partial charge in [-0.2, -0.15) is 5.10 Å². The summed E-state index contributed by atoms with van der Waals surface area (Å²) in [7, 11) is 0. The van der Waals surface area contributed by atoms with E-state index in [1.807, 2.05) is 0 Å². The highest BCUT2D eigenvalue weighted by Crippen LogP contribution is 2.09. The van der Waals surface area contributed by atoms with Gasteiger partial charge >= 0.3 is 0 Å². The molecule has 0 amide bonds. The van der Waals surface area contributed by atoms with Gasteiger partial charge in [0.15, 0.2) is 0 Å². The average molecular weight is 237 g/mol. The van der Waals surface area contributed by atoms with Crippen LogP contribution in [0.5, 0.6) is 0 Å². The molecular weight excluding hydrogens is 210 g/mol. The highest BCUT2D eigenvalue weighted by molar-refractivity contribution is 4.99. The first-order valence-electron chi connectivity index (χ1n) is 6.88. The predicted octanol–water partition coefficient (Wildman–Crippen LogP) is 3.03. The second-order valence-corrected chi connectivity index (χ2v) is 5.25. The Labute approximate surface area is 106 Å². The van der Waals surface area contributed by atoms with Crippen molar-refractivity contribution in [2.24, 2.45) is 5.92 Å². The van der Waals surface area contributed by atoms with Crippen molar-refractivity contribution < 1.29 is 0 Å². The van der Waals surface area contributed by atoms with Gasteiger partial charge in [-0.25, -0.2) is 0 Å². The van der Waals surface area contributed by atoms with Crippen LogP contribution in [0.4, 0.5) is 0 Å². The monoisotopic (exact) mass is 237 g/mol. The molecule has 1 heterocycles. The number of hydrogen-bond donors (Lipinski definition) is 1. The van der Waals surface area contributed by atoms with Gasteiger partial charge in [-0.3, -0.25) is 4.68 Å². The minimum Gasteiger partial charge on any atom is -0.316 e. The maximum absolute atomic E-state index is 4.60. The van der Waals surface area contributed by atoms with Gasteiger partial charge in [0.05, 0.1) is 5.69 Å². The molecule has 0 spiro atoms. The van der Waals surface area contributed by atoms with Gasteiger partial charge in [0.1, 0.15) is 0 Å². The third-order valence-electron chi connectivity index (χ3n) is 3.05. The number of nitrogens with zero attached hydrogens (tertiary/aromatic N) is 2. The zero-order chi connectivity index (χ0) is 12.7. The highest BCUT2D eigenvalue weighted by Gasteiger charge is 2.04. The summed E-state index contributed by atoms with van der Waals surface area (Å²) in [5.41, 5.74) is 1.22. The van der Waals surface area contributed by atoms with E-state index >= 15 is 0 Å². The molecule has 17 heavy (non-hydrogen) atoms. The lowest BCUT2D eigenvalue weighted by molar-refractivity contribution is 0.472. The summed E-state index contributed by atoms with van der Waals surface area (Å²) in [6, 6.07) is 2.66.